The second kappa shape index (κ2) is 4.29. The monoisotopic (exact) mass is 158 g/mol. The quantitative estimate of drug-likeness (QED) is 0.591. The maximum absolute atomic E-state index is 8.67. The molecule has 4 nitrogen and oxygen atoms in total. The van der Waals surface area contributed by atoms with Crippen LogP contribution in [0.5, 0.6) is 0 Å². The van der Waals surface area contributed by atoms with Gasteiger partial charge in [-0.05, 0) is 13.8 Å². The number of nitrogens with zero attached hydrogens (tertiary/aromatic N) is 2. The van der Waals surface area contributed by atoms with E-state index in [2.05, 4.69) is 6.07 Å². The molecule has 0 bridgehead atoms. The minimum atomic E-state index is -0.683. The Balaban J connectivity index is 4.14. The first-order valence-electron chi connectivity index (χ1n) is 3.42. The zero-order chi connectivity index (χ0) is 8.91. The SMILES string of the molecule is CON(CCO)C(C)(C)C#N. The lowest BCUT2D eigenvalue weighted by atomic mass is 10.1. The third kappa shape index (κ3) is 2.85. The number of hydroxylamine groups is 2. The van der Waals surface area contributed by atoms with E-state index >= 15 is 0 Å². The number of aliphatic hydroxyl groups is 1. The molecule has 11 heavy (non-hydrogen) atoms. The molecule has 0 aromatic rings. The second-order valence-electron chi connectivity index (χ2n) is 2.68. The molecule has 1 N–H and O–H groups in total. The molecule has 0 aliphatic heterocycles. The van der Waals surface area contributed by atoms with E-state index in [0.717, 1.165) is 0 Å². The normalized spacial score (nSPS) is 11.6. The zero-order valence-corrected chi connectivity index (χ0v) is 7.16. The van der Waals surface area contributed by atoms with Crippen LogP contribution in [0.4, 0.5) is 0 Å². The number of hydrogen-bond donors (Lipinski definition) is 1. The van der Waals surface area contributed by atoms with Gasteiger partial charge in [0.05, 0.1) is 19.8 Å². The lowest BCUT2D eigenvalue weighted by Crippen LogP contribution is -2.43. The predicted molar refractivity (Wildman–Crippen MR) is 40.5 cm³/mol. The van der Waals surface area contributed by atoms with Crippen molar-refractivity contribution in [2.45, 2.75) is 19.4 Å². The van der Waals surface area contributed by atoms with Crippen molar-refractivity contribution in [1.29, 1.82) is 5.26 Å². The molecule has 0 aromatic carbocycles. The van der Waals surface area contributed by atoms with Crippen LogP contribution in [0.25, 0.3) is 0 Å². The summed E-state index contributed by atoms with van der Waals surface area (Å²) < 4.78 is 0. The minimum Gasteiger partial charge on any atom is -0.395 e. The van der Waals surface area contributed by atoms with E-state index in [1.807, 2.05) is 0 Å². The van der Waals surface area contributed by atoms with Crippen molar-refractivity contribution < 1.29 is 9.94 Å². The molecule has 0 atom stereocenters. The van der Waals surface area contributed by atoms with Crippen LogP contribution in [-0.2, 0) is 4.84 Å². The molecule has 4 heteroatoms. The first-order chi connectivity index (χ1) is 5.08. The van der Waals surface area contributed by atoms with Gasteiger partial charge in [-0.1, -0.05) is 0 Å². The van der Waals surface area contributed by atoms with Crippen molar-refractivity contribution >= 4 is 0 Å². The van der Waals surface area contributed by atoms with Gasteiger partial charge >= 0.3 is 0 Å². The minimum absolute atomic E-state index is 0.0149. The fraction of sp³-hybridized carbons (Fsp3) is 0.857. The highest BCUT2D eigenvalue weighted by molar-refractivity contribution is 4.99. The molecule has 0 amide bonds. The number of β-amino-alcohol motifs (C(OH)–C–C–N with tert-alkyl or cyclic N) is 1. The van der Waals surface area contributed by atoms with Gasteiger partial charge in [0.1, 0.15) is 5.54 Å². The van der Waals surface area contributed by atoms with Crippen LogP contribution in [0, 0.1) is 11.3 Å². The highest BCUT2D eigenvalue weighted by atomic mass is 16.7. The summed E-state index contributed by atoms with van der Waals surface area (Å²) in [4.78, 5) is 4.90. The maximum atomic E-state index is 8.67. The van der Waals surface area contributed by atoms with Gasteiger partial charge in [0.2, 0.25) is 0 Å². The number of rotatable bonds is 4. The predicted octanol–water partition coefficient (Wildman–Crippen LogP) is 0.144. The van der Waals surface area contributed by atoms with Crippen molar-refractivity contribution in [2.24, 2.45) is 0 Å². The fourth-order valence-electron chi connectivity index (χ4n) is 0.746. The van der Waals surface area contributed by atoms with E-state index in [4.69, 9.17) is 15.2 Å². The van der Waals surface area contributed by atoms with Gasteiger partial charge in [0, 0.05) is 6.54 Å². The summed E-state index contributed by atoms with van der Waals surface area (Å²) in [7, 11) is 1.48. The van der Waals surface area contributed by atoms with Crippen molar-refractivity contribution in [3.8, 4) is 6.07 Å². The Kier molecular flexibility index (Phi) is 4.04. The molecule has 0 heterocycles. The Morgan fingerprint density at radius 1 is 1.64 bits per heavy atom. The van der Waals surface area contributed by atoms with E-state index in [-0.39, 0.29) is 6.61 Å². The van der Waals surface area contributed by atoms with Crippen LogP contribution in [0.15, 0.2) is 0 Å². The average Bonchev–Trinajstić information content (AvgIpc) is 2.00. The molecular formula is C7H14N2O2. The molecule has 0 saturated carbocycles. The highest BCUT2D eigenvalue weighted by Gasteiger charge is 2.25. The van der Waals surface area contributed by atoms with Crippen molar-refractivity contribution in [2.75, 3.05) is 20.3 Å². The summed E-state index contributed by atoms with van der Waals surface area (Å²) in [6.07, 6.45) is 0. The molecular weight excluding hydrogens is 144 g/mol. The Labute approximate surface area is 66.9 Å². The van der Waals surface area contributed by atoms with Crippen LogP contribution in [0.1, 0.15) is 13.8 Å². The lowest BCUT2D eigenvalue weighted by molar-refractivity contribution is -0.179. The van der Waals surface area contributed by atoms with E-state index < -0.39 is 5.54 Å². The molecule has 0 saturated heterocycles. The van der Waals surface area contributed by atoms with Gasteiger partial charge < -0.3 is 9.94 Å². The lowest BCUT2D eigenvalue weighted by Gasteiger charge is -2.29. The Morgan fingerprint density at radius 3 is 2.45 bits per heavy atom. The fourth-order valence-corrected chi connectivity index (χ4v) is 0.746. The standard InChI is InChI=1S/C7H14N2O2/c1-7(2,6-8)9(11-3)4-5-10/h10H,4-5H2,1-3H3. The van der Waals surface area contributed by atoms with Gasteiger partial charge in [-0.25, -0.2) is 0 Å². The van der Waals surface area contributed by atoms with E-state index in [9.17, 15) is 0 Å². The van der Waals surface area contributed by atoms with E-state index in [0.29, 0.717) is 6.54 Å². The summed E-state index contributed by atoms with van der Waals surface area (Å²) in [5.41, 5.74) is -0.683. The topological polar surface area (TPSA) is 56.5 Å². The van der Waals surface area contributed by atoms with E-state index in [1.165, 1.54) is 12.2 Å². The summed E-state index contributed by atoms with van der Waals surface area (Å²) in [5.74, 6) is 0. The van der Waals surface area contributed by atoms with Gasteiger partial charge in [-0.15, -0.1) is 0 Å². The molecule has 64 valence electrons. The summed E-state index contributed by atoms with van der Waals surface area (Å²) in [6, 6.07) is 2.07. The van der Waals surface area contributed by atoms with Crippen LogP contribution < -0.4 is 0 Å². The van der Waals surface area contributed by atoms with Crippen LogP contribution in [-0.4, -0.2) is 36.0 Å². The van der Waals surface area contributed by atoms with E-state index in [1.54, 1.807) is 13.8 Å². The summed E-state index contributed by atoms with van der Waals surface area (Å²) >= 11 is 0. The van der Waals surface area contributed by atoms with Crippen LogP contribution >= 0.6 is 0 Å². The molecule has 0 spiro atoms. The smallest absolute Gasteiger partial charge is 0.127 e. The molecule has 0 rings (SSSR count). The Hall–Kier alpha value is -0.630. The third-order valence-corrected chi connectivity index (χ3v) is 1.42. The average molecular weight is 158 g/mol. The largest absolute Gasteiger partial charge is 0.395 e. The first-order valence-corrected chi connectivity index (χ1v) is 3.42. The maximum Gasteiger partial charge on any atom is 0.127 e. The molecule has 0 aliphatic carbocycles. The van der Waals surface area contributed by atoms with Gasteiger partial charge in [0.15, 0.2) is 0 Å². The summed E-state index contributed by atoms with van der Waals surface area (Å²) in [5, 5.41) is 18.7. The van der Waals surface area contributed by atoms with Gasteiger partial charge in [-0.3, -0.25) is 0 Å². The van der Waals surface area contributed by atoms with Crippen molar-refractivity contribution in [1.82, 2.24) is 5.06 Å². The Morgan fingerprint density at radius 2 is 2.18 bits per heavy atom. The van der Waals surface area contributed by atoms with Gasteiger partial charge in [-0.2, -0.15) is 10.3 Å². The molecule has 0 aliphatic rings. The molecule has 0 fully saturated rings. The Bertz CT molecular complexity index is 151. The first kappa shape index (κ1) is 10.4. The number of aliphatic hydroxyl groups excluding tert-OH is 1. The van der Waals surface area contributed by atoms with Crippen molar-refractivity contribution in [3.63, 3.8) is 0 Å². The third-order valence-electron chi connectivity index (χ3n) is 1.42. The highest BCUT2D eigenvalue weighted by Crippen LogP contribution is 2.11. The van der Waals surface area contributed by atoms with Crippen LogP contribution in [0.2, 0.25) is 0 Å². The second-order valence-corrected chi connectivity index (χ2v) is 2.68. The molecule has 0 radical (unpaired) electrons. The molecule has 0 aromatic heterocycles. The van der Waals surface area contributed by atoms with Crippen molar-refractivity contribution in [3.05, 3.63) is 0 Å². The molecule has 0 unspecified atom stereocenters. The summed E-state index contributed by atoms with van der Waals surface area (Å²) in [6.45, 7) is 3.79. The van der Waals surface area contributed by atoms with Gasteiger partial charge in [0.25, 0.3) is 0 Å². The number of hydrogen-bond acceptors (Lipinski definition) is 4. The number of nitriles is 1. The van der Waals surface area contributed by atoms with Crippen LogP contribution in [0.3, 0.4) is 0 Å². The zero-order valence-electron chi connectivity index (χ0n) is 7.16.